The van der Waals surface area contributed by atoms with Gasteiger partial charge in [0.15, 0.2) is 0 Å². The van der Waals surface area contributed by atoms with Crippen molar-refractivity contribution in [2.75, 3.05) is 23.3 Å². The summed E-state index contributed by atoms with van der Waals surface area (Å²) in [6, 6.07) is 10.4. The van der Waals surface area contributed by atoms with Crippen LogP contribution < -0.4 is 10.2 Å². The van der Waals surface area contributed by atoms with Crippen molar-refractivity contribution in [2.24, 2.45) is 0 Å². The van der Waals surface area contributed by atoms with Crippen molar-refractivity contribution in [3.05, 3.63) is 46.3 Å². The number of rotatable bonds is 4. The molecule has 122 valence electrons. The summed E-state index contributed by atoms with van der Waals surface area (Å²) in [5.41, 5.74) is 1.72. The van der Waals surface area contributed by atoms with Crippen LogP contribution in [0.1, 0.15) is 36.6 Å². The van der Waals surface area contributed by atoms with Gasteiger partial charge in [0.2, 0.25) is 0 Å². The van der Waals surface area contributed by atoms with Crippen molar-refractivity contribution in [3.63, 3.8) is 0 Å². The predicted molar refractivity (Wildman–Crippen MR) is 97.1 cm³/mol. The van der Waals surface area contributed by atoms with Crippen molar-refractivity contribution < 1.29 is 0 Å². The van der Waals surface area contributed by atoms with Gasteiger partial charge in [-0.05, 0) is 43.5 Å². The van der Waals surface area contributed by atoms with Gasteiger partial charge < -0.3 is 10.2 Å². The first-order chi connectivity index (χ1) is 11.7. The Hall–Kier alpha value is -2.13. The Bertz CT molecular complexity index is 796. The Balaban J connectivity index is 1.45. The van der Waals surface area contributed by atoms with Gasteiger partial charge in [-0.3, -0.25) is 0 Å². The Morgan fingerprint density at radius 2 is 2.12 bits per heavy atom. The van der Waals surface area contributed by atoms with E-state index in [1.807, 2.05) is 30.5 Å². The molecule has 1 aliphatic carbocycles. The number of aromatic nitrogens is 2. The maximum atomic E-state index is 9.36. The third-order valence-electron chi connectivity index (χ3n) is 4.58. The fourth-order valence-electron chi connectivity index (χ4n) is 3.17. The van der Waals surface area contributed by atoms with Gasteiger partial charge in [-0.15, -0.1) is 0 Å². The molecule has 5 nitrogen and oxygen atoms in total. The molecule has 2 aromatic rings. The highest BCUT2D eigenvalue weighted by Crippen LogP contribution is 2.38. The summed E-state index contributed by atoms with van der Waals surface area (Å²) in [4.78, 5) is 11.3. The molecule has 1 saturated carbocycles. The first-order valence-electron chi connectivity index (χ1n) is 8.27. The van der Waals surface area contributed by atoms with Gasteiger partial charge in [-0.25, -0.2) is 9.97 Å². The molecule has 1 saturated heterocycles. The van der Waals surface area contributed by atoms with E-state index in [1.165, 1.54) is 12.8 Å². The van der Waals surface area contributed by atoms with Crippen molar-refractivity contribution in [1.29, 1.82) is 5.26 Å². The van der Waals surface area contributed by atoms with Gasteiger partial charge in [0.1, 0.15) is 17.7 Å². The largest absolute Gasteiger partial charge is 0.368 e. The predicted octanol–water partition coefficient (Wildman–Crippen LogP) is 3.68. The average molecular weight is 384 g/mol. The van der Waals surface area contributed by atoms with Gasteiger partial charge in [0, 0.05) is 35.7 Å². The molecule has 0 amide bonds. The molecule has 4 rings (SSSR count). The fourth-order valence-corrected chi connectivity index (χ4v) is 3.53. The molecule has 0 spiro atoms. The van der Waals surface area contributed by atoms with Crippen LogP contribution in [0.15, 0.2) is 34.9 Å². The van der Waals surface area contributed by atoms with Gasteiger partial charge >= 0.3 is 0 Å². The Labute approximate surface area is 149 Å². The lowest BCUT2D eigenvalue weighted by Gasteiger charge is -2.20. The van der Waals surface area contributed by atoms with Crippen LogP contribution in [0, 0.1) is 11.3 Å². The second kappa shape index (κ2) is 6.40. The van der Waals surface area contributed by atoms with Crippen molar-refractivity contribution in [2.45, 2.75) is 31.2 Å². The number of nitrogens with zero attached hydrogens (tertiary/aromatic N) is 4. The highest BCUT2D eigenvalue weighted by atomic mass is 79.9. The summed E-state index contributed by atoms with van der Waals surface area (Å²) in [6.07, 6.45) is 5.30. The van der Waals surface area contributed by atoms with Crippen LogP contribution >= 0.6 is 15.9 Å². The van der Waals surface area contributed by atoms with E-state index < -0.39 is 0 Å². The standard InChI is InChI=1S/C18H18BrN5/c19-14-3-4-16(13(9-14)10-20)24-8-6-15(11-24)22-17-5-7-21-18(23-17)12-1-2-12/h3-5,7,9,12,15H,1-2,6,8,11H2,(H,21,22,23). The summed E-state index contributed by atoms with van der Waals surface area (Å²) in [7, 11) is 0. The Kier molecular flexibility index (Phi) is 4.11. The number of hydrogen-bond donors (Lipinski definition) is 1. The molecule has 2 fully saturated rings. The molecular weight excluding hydrogens is 366 g/mol. The maximum Gasteiger partial charge on any atom is 0.133 e. The van der Waals surface area contributed by atoms with Crippen LogP contribution in [-0.2, 0) is 0 Å². The minimum absolute atomic E-state index is 0.335. The lowest BCUT2D eigenvalue weighted by molar-refractivity contribution is 0.793. The zero-order valence-electron chi connectivity index (χ0n) is 13.2. The molecule has 1 N–H and O–H groups in total. The second-order valence-corrected chi connectivity index (χ2v) is 7.34. The van der Waals surface area contributed by atoms with E-state index in [2.05, 4.69) is 42.2 Å². The Morgan fingerprint density at radius 3 is 2.92 bits per heavy atom. The number of nitrogens with one attached hydrogen (secondary N) is 1. The lowest BCUT2D eigenvalue weighted by atomic mass is 10.2. The van der Waals surface area contributed by atoms with Crippen LogP contribution in [0.3, 0.4) is 0 Å². The van der Waals surface area contributed by atoms with Crippen LogP contribution in [0.25, 0.3) is 0 Å². The Morgan fingerprint density at radius 1 is 1.25 bits per heavy atom. The minimum atomic E-state index is 0.335. The van der Waals surface area contributed by atoms with Gasteiger partial charge in [-0.2, -0.15) is 5.26 Å². The molecule has 24 heavy (non-hydrogen) atoms. The molecule has 6 heteroatoms. The summed E-state index contributed by atoms with van der Waals surface area (Å²) in [6.45, 7) is 1.81. The highest BCUT2D eigenvalue weighted by molar-refractivity contribution is 9.10. The first-order valence-corrected chi connectivity index (χ1v) is 9.06. The summed E-state index contributed by atoms with van der Waals surface area (Å²) in [5, 5.41) is 12.9. The topological polar surface area (TPSA) is 64.8 Å². The number of nitriles is 1. The number of hydrogen-bond acceptors (Lipinski definition) is 5. The molecule has 0 radical (unpaired) electrons. The molecule has 0 bridgehead atoms. The zero-order valence-corrected chi connectivity index (χ0v) is 14.8. The molecule has 1 aromatic heterocycles. The summed E-state index contributed by atoms with van der Waals surface area (Å²) in [5.74, 6) is 2.44. The third-order valence-corrected chi connectivity index (χ3v) is 5.07. The normalized spacial score (nSPS) is 20.0. The molecule has 1 aliphatic heterocycles. The third kappa shape index (κ3) is 3.22. The SMILES string of the molecule is N#Cc1cc(Br)ccc1N1CCC(Nc2ccnc(C3CC3)n2)C1. The number of benzene rings is 1. The minimum Gasteiger partial charge on any atom is -0.368 e. The van der Waals surface area contributed by atoms with E-state index in [0.717, 1.165) is 41.3 Å². The maximum absolute atomic E-state index is 9.36. The molecule has 1 aromatic carbocycles. The van der Waals surface area contributed by atoms with E-state index >= 15 is 0 Å². The fraction of sp³-hybridized carbons (Fsp3) is 0.389. The van der Waals surface area contributed by atoms with Crippen LogP contribution in [-0.4, -0.2) is 29.1 Å². The monoisotopic (exact) mass is 383 g/mol. The number of anilines is 2. The second-order valence-electron chi connectivity index (χ2n) is 6.42. The van der Waals surface area contributed by atoms with E-state index in [0.29, 0.717) is 17.5 Å². The molecular formula is C18H18BrN5. The van der Waals surface area contributed by atoms with Crippen LogP contribution in [0.2, 0.25) is 0 Å². The summed E-state index contributed by atoms with van der Waals surface area (Å²) >= 11 is 3.43. The highest BCUT2D eigenvalue weighted by Gasteiger charge is 2.28. The summed E-state index contributed by atoms with van der Waals surface area (Å²) < 4.78 is 0.935. The zero-order chi connectivity index (χ0) is 16.5. The van der Waals surface area contributed by atoms with Crippen molar-refractivity contribution >= 4 is 27.4 Å². The lowest BCUT2D eigenvalue weighted by Crippen LogP contribution is -2.27. The quantitative estimate of drug-likeness (QED) is 0.871. The molecule has 1 atom stereocenters. The van der Waals surface area contributed by atoms with Crippen molar-refractivity contribution in [3.8, 4) is 6.07 Å². The van der Waals surface area contributed by atoms with E-state index in [9.17, 15) is 5.26 Å². The smallest absolute Gasteiger partial charge is 0.133 e. The van der Waals surface area contributed by atoms with E-state index in [4.69, 9.17) is 0 Å². The molecule has 2 aliphatic rings. The first kappa shape index (κ1) is 15.4. The van der Waals surface area contributed by atoms with Crippen molar-refractivity contribution in [1.82, 2.24) is 9.97 Å². The van der Waals surface area contributed by atoms with E-state index in [-0.39, 0.29) is 0 Å². The number of halogens is 1. The molecule has 2 heterocycles. The molecule has 1 unspecified atom stereocenters. The van der Waals surface area contributed by atoms with E-state index in [1.54, 1.807) is 0 Å². The van der Waals surface area contributed by atoms with Crippen LogP contribution in [0.5, 0.6) is 0 Å². The van der Waals surface area contributed by atoms with Gasteiger partial charge in [0.25, 0.3) is 0 Å². The average Bonchev–Trinajstić information content (AvgIpc) is 3.35. The van der Waals surface area contributed by atoms with Gasteiger partial charge in [0.05, 0.1) is 11.3 Å². The van der Waals surface area contributed by atoms with Gasteiger partial charge in [-0.1, -0.05) is 15.9 Å². The van der Waals surface area contributed by atoms with Crippen LogP contribution in [0.4, 0.5) is 11.5 Å².